The molecule has 1 fully saturated rings. The molecule has 0 radical (unpaired) electrons. The predicted octanol–water partition coefficient (Wildman–Crippen LogP) is 1.41. The zero-order valence-corrected chi connectivity index (χ0v) is 9.94. The quantitative estimate of drug-likeness (QED) is 0.873. The van der Waals surface area contributed by atoms with Gasteiger partial charge in [0.1, 0.15) is 18.6 Å². The van der Waals surface area contributed by atoms with Gasteiger partial charge in [-0.15, -0.1) is 0 Å². The average Bonchev–Trinajstić information content (AvgIpc) is 2.38. The molecule has 0 bridgehead atoms. The molecule has 1 N–H and O–H groups in total. The molecule has 0 unspecified atom stereocenters. The zero-order valence-electron chi connectivity index (χ0n) is 9.94. The van der Waals surface area contributed by atoms with Crippen LogP contribution in [0, 0.1) is 16.7 Å². The Morgan fingerprint density at radius 1 is 1.22 bits per heavy atom. The van der Waals surface area contributed by atoms with Crippen LogP contribution in [0.4, 0.5) is 5.69 Å². The smallest absolute Gasteiger partial charge is 0.163 e. The number of benzene rings is 1. The highest BCUT2D eigenvalue weighted by Gasteiger charge is 2.38. The van der Waals surface area contributed by atoms with E-state index in [1.165, 1.54) is 0 Å². The third kappa shape index (κ3) is 1.95. The van der Waals surface area contributed by atoms with Crippen molar-refractivity contribution in [2.75, 3.05) is 38.3 Å². The van der Waals surface area contributed by atoms with Gasteiger partial charge in [-0.2, -0.15) is 5.26 Å². The Hall–Kier alpha value is -1.93. The Labute approximate surface area is 105 Å². The number of hydrogen-bond acceptors (Lipinski definition) is 5. The molecule has 5 heteroatoms. The predicted molar refractivity (Wildman–Crippen MR) is 64.8 cm³/mol. The highest BCUT2D eigenvalue weighted by Crippen LogP contribution is 2.33. The molecule has 18 heavy (non-hydrogen) atoms. The van der Waals surface area contributed by atoms with Gasteiger partial charge in [0, 0.05) is 18.3 Å². The Morgan fingerprint density at radius 2 is 2.00 bits per heavy atom. The normalized spacial score (nSPS) is 19.5. The molecule has 0 atom stereocenters. The fraction of sp³-hybridized carbons (Fsp3) is 0.462. The highest BCUT2D eigenvalue weighted by molar-refractivity contribution is 5.55. The highest BCUT2D eigenvalue weighted by atomic mass is 16.6. The van der Waals surface area contributed by atoms with Crippen molar-refractivity contribution < 1.29 is 14.2 Å². The zero-order chi connectivity index (χ0) is 12.4. The molecule has 3 rings (SSSR count). The molecule has 1 aromatic rings. The molecule has 94 valence electrons. The number of nitriles is 1. The molecule has 2 aliphatic rings. The molecular weight excluding hydrogens is 232 g/mol. The topological polar surface area (TPSA) is 63.5 Å². The van der Waals surface area contributed by atoms with Crippen LogP contribution in [0.2, 0.25) is 0 Å². The SMILES string of the molecule is N#CC1(CNc2ccc3c(c2)OCCO3)COC1. The Balaban J connectivity index is 1.68. The van der Waals surface area contributed by atoms with Gasteiger partial charge in [0.2, 0.25) is 0 Å². The van der Waals surface area contributed by atoms with Crippen molar-refractivity contribution in [1.82, 2.24) is 0 Å². The number of rotatable bonds is 3. The first-order valence-corrected chi connectivity index (χ1v) is 5.94. The van der Waals surface area contributed by atoms with Crippen molar-refractivity contribution in [3.05, 3.63) is 18.2 Å². The van der Waals surface area contributed by atoms with Crippen LogP contribution in [0.1, 0.15) is 0 Å². The molecule has 1 aromatic carbocycles. The van der Waals surface area contributed by atoms with Gasteiger partial charge in [0.25, 0.3) is 0 Å². The summed E-state index contributed by atoms with van der Waals surface area (Å²) in [6, 6.07) is 8.02. The van der Waals surface area contributed by atoms with Gasteiger partial charge in [-0.1, -0.05) is 0 Å². The van der Waals surface area contributed by atoms with Gasteiger partial charge < -0.3 is 19.5 Å². The Morgan fingerprint density at radius 3 is 2.67 bits per heavy atom. The number of ether oxygens (including phenoxy) is 3. The van der Waals surface area contributed by atoms with Gasteiger partial charge in [-0.25, -0.2) is 0 Å². The molecule has 0 aliphatic carbocycles. The van der Waals surface area contributed by atoms with Gasteiger partial charge in [-0.05, 0) is 12.1 Å². The van der Waals surface area contributed by atoms with Crippen LogP contribution in [-0.2, 0) is 4.74 Å². The number of nitrogens with zero attached hydrogens (tertiary/aromatic N) is 1. The summed E-state index contributed by atoms with van der Waals surface area (Å²) in [6.07, 6.45) is 0. The lowest BCUT2D eigenvalue weighted by Crippen LogP contribution is -2.46. The van der Waals surface area contributed by atoms with E-state index in [0.29, 0.717) is 33.0 Å². The second-order valence-electron chi connectivity index (χ2n) is 4.60. The monoisotopic (exact) mass is 246 g/mol. The van der Waals surface area contributed by atoms with E-state index in [0.717, 1.165) is 17.2 Å². The van der Waals surface area contributed by atoms with Crippen molar-refractivity contribution in [2.24, 2.45) is 5.41 Å². The summed E-state index contributed by atoms with van der Waals surface area (Å²) in [7, 11) is 0. The number of anilines is 1. The van der Waals surface area contributed by atoms with Gasteiger partial charge in [0.05, 0.1) is 19.3 Å². The molecule has 0 spiro atoms. The summed E-state index contributed by atoms with van der Waals surface area (Å²) in [5, 5.41) is 12.3. The maximum Gasteiger partial charge on any atom is 0.163 e. The van der Waals surface area contributed by atoms with Crippen LogP contribution in [0.15, 0.2) is 18.2 Å². The van der Waals surface area contributed by atoms with Crippen LogP contribution >= 0.6 is 0 Å². The lowest BCUT2D eigenvalue weighted by Gasteiger charge is -2.35. The van der Waals surface area contributed by atoms with Crippen molar-refractivity contribution in [1.29, 1.82) is 5.26 Å². The van der Waals surface area contributed by atoms with E-state index in [4.69, 9.17) is 19.5 Å². The lowest BCUT2D eigenvalue weighted by molar-refractivity contribution is -0.0690. The minimum Gasteiger partial charge on any atom is -0.486 e. The minimum atomic E-state index is -0.382. The second kappa shape index (κ2) is 4.39. The van der Waals surface area contributed by atoms with Crippen LogP contribution in [-0.4, -0.2) is 33.0 Å². The number of fused-ring (bicyclic) bond motifs is 1. The fourth-order valence-corrected chi connectivity index (χ4v) is 1.98. The molecular formula is C13H14N2O3. The summed E-state index contributed by atoms with van der Waals surface area (Å²) in [5.74, 6) is 1.52. The van der Waals surface area contributed by atoms with E-state index >= 15 is 0 Å². The molecule has 0 saturated carbocycles. The van der Waals surface area contributed by atoms with E-state index in [9.17, 15) is 0 Å². The second-order valence-corrected chi connectivity index (χ2v) is 4.60. The van der Waals surface area contributed by atoms with E-state index in [1.807, 2.05) is 18.2 Å². The Kier molecular flexibility index (Phi) is 2.73. The first-order valence-electron chi connectivity index (χ1n) is 5.94. The molecule has 0 aromatic heterocycles. The maximum atomic E-state index is 9.09. The maximum absolute atomic E-state index is 9.09. The molecule has 2 aliphatic heterocycles. The fourth-order valence-electron chi connectivity index (χ4n) is 1.98. The largest absolute Gasteiger partial charge is 0.486 e. The van der Waals surface area contributed by atoms with Crippen molar-refractivity contribution in [3.63, 3.8) is 0 Å². The van der Waals surface area contributed by atoms with Gasteiger partial charge in [-0.3, -0.25) is 0 Å². The first kappa shape index (κ1) is 11.2. The van der Waals surface area contributed by atoms with E-state index in [1.54, 1.807) is 0 Å². The summed E-state index contributed by atoms with van der Waals surface area (Å²) in [4.78, 5) is 0. The van der Waals surface area contributed by atoms with Crippen LogP contribution in [0.5, 0.6) is 11.5 Å². The third-order valence-corrected chi connectivity index (χ3v) is 3.17. The van der Waals surface area contributed by atoms with Gasteiger partial charge >= 0.3 is 0 Å². The third-order valence-electron chi connectivity index (χ3n) is 3.17. The number of hydrogen-bond donors (Lipinski definition) is 1. The molecule has 1 saturated heterocycles. The van der Waals surface area contributed by atoms with E-state index < -0.39 is 0 Å². The van der Waals surface area contributed by atoms with E-state index in [-0.39, 0.29) is 5.41 Å². The Bertz CT molecular complexity index is 491. The summed E-state index contributed by atoms with van der Waals surface area (Å²) in [6.45, 7) is 2.76. The van der Waals surface area contributed by atoms with Crippen molar-refractivity contribution >= 4 is 5.69 Å². The van der Waals surface area contributed by atoms with Crippen LogP contribution in [0.25, 0.3) is 0 Å². The summed E-state index contributed by atoms with van der Waals surface area (Å²) < 4.78 is 16.1. The van der Waals surface area contributed by atoms with Crippen molar-refractivity contribution in [2.45, 2.75) is 0 Å². The van der Waals surface area contributed by atoms with Crippen molar-refractivity contribution in [3.8, 4) is 17.6 Å². The summed E-state index contributed by atoms with van der Waals surface area (Å²) >= 11 is 0. The van der Waals surface area contributed by atoms with Crippen LogP contribution < -0.4 is 14.8 Å². The lowest BCUT2D eigenvalue weighted by atomic mass is 9.88. The summed E-state index contributed by atoms with van der Waals surface area (Å²) in [5.41, 5.74) is 0.550. The number of nitrogens with one attached hydrogen (secondary N) is 1. The average molecular weight is 246 g/mol. The minimum absolute atomic E-state index is 0.382. The molecule has 0 amide bonds. The van der Waals surface area contributed by atoms with E-state index in [2.05, 4.69) is 11.4 Å². The first-order chi connectivity index (χ1) is 8.81. The molecule has 5 nitrogen and oxygen atoms in total. The van der Waals surface area contributed by atoms with Crippen LogP contribution in [0.3, 0.4) is 0 Å². The van der Waals surface area contributed by atoms with Gasteiger partial charge in [0.15, 0.2) is 11.5 Å². The standard InChI is InChI=1S/C13H14N2O3/c14-6-13(8-16-9-13)7-15-10-1-2-11-12(5-10)18-4-3-17-11/h1-2,5,15H,3-4,7-9H2. The molecule has 2 heterocycles.